The maximum atomic E-state index is 12.1. The molecule has 2 aromatic rings. The third kappa shape index (κ3) is 2.76. The molecule has 4 heterocycles. The molecule has 0 radical (unpaired) electrons. The minimum atomic E-state index is 0. The summed E-state index contributed by atoms with van der Waals surface area (Å²) < 4.78 is 1.59. The van der Waals surface area contributed by atoms with Crippen LogP contribution < -0.4 is 10.9 Å². The van der Waals surface area contributed by atoms with Gasteiger partial charge in [-0.25, -0.2) is 4.98 Å². The number of pyridine rings is 1. The highest BCUT2D eigenvalue weighted by Crippen LogP contribution is 2.36. The number of halogens is 1. The highest BCUT2D eigenvalue weighted by molar-refractivity contribution is 5.85. The Hall–Kier alpha value is -1.43. The molecule has 0 aliphatic carbocycles. The lowest BCUT2D eigenvalue weighted by atomic mass is 9.87. The van der Waals surface area contributed by atoms with Crippen molar-refractivity contribution in [3.63, 3.8) is 0 Å². The van der Waals surface area contributed by atoms with Crippen molar-refractivity contribution < 1.29 is 0 Å². The molecule has 2 fully saturated rings. The number of nitrogens with zero attached hydrogens (tertiary/aromatic N) is 3. The minimum Gasteiger partial charge on any atom is -0.316 e. The van der Waals surface area contributed by atoms with Crippen LogP contribution in [0.5, 0.6) is 0 Å². The van der Waals surface area contributed by atoms with Gasteiger partial charge in [-0.1, -0.05) is 6.07 Å². The summed E-state index contributed by atoms with van der Waals surface area (Å²) in [6, 6.07) is 7.33. The van der Waals surface area contributed by atoms with Gasteiger partial charge in [0.25, 0.3) is 5.56 Å². The van der Waals surface area contributed by atoms with E-state index in [-0.39, 0.29) is 18.0 Å². The molecule has 118 valence electrons. The molecule has 1 N–H and O–H groups in total. The van der Waals surface area contributed by atoms with E-state index in [0.29, 0.717) is 5.41 Å². The number of likely N-dealkylation sites (tertiary alicyclic amines) is 1. The van der Waals surface area contributed by atoms with E-state index in [1.165, 1.54) is 12.8 Å². The molecule has 1 spiro atoms. The molecular formula is C16H21ClN4O. The zero-order chi connectivity index (χ0) is 14.3. The predicted molar refractivity (Wildman–Crippen MR) is 88.5 cm³/mol. The molecule has 0 bridgehead atoms. The Kier molecular flexibility index (Phi) is 4.21. The largest absolute Gasteiger partial charge is 0.316 e. The number of nitrogens with one attached hydrogen (secondary N) is 1. The van der Waals surface area contributed by atoms with E-state index in [0.717, 1.165) is 44.1 Å². The fourth-order valence-corrected chi connectivity index (χ4v) is 3.72. The number of aromatic nitrogens is 2. The Morgan fingerprint density at radius 2 is 2.23 bits per heavy atom. The molecule has 2 aliphatic rings. The second-order valence-electron chi connectivity index (χ2n) is 6.40. The summed E-state index contributed by atoms with van der Waals surface area (Å²) in [6.07, 6.45) is 4.30. The second kappa shape index (κ2) is 5.99. The highest BCUT2D eigenvalue weighted by atomic mass is 35.5. The van der Waals surface area contributed by atoms with Gasteiger partial charge in [-0.3, -0.25) is 14.1 Å². The van der Waals surface area contributed by atoms with Crippen LogP contribution in [0.3, 0.4) is 0 Å². The van der Waals surface area contributed by atoms with E-state index in [4.69, 9.17) is 0 Å². The van der Waals surface area contributed by atoms with Gasteiger partial charge in [-0.2, -0.15) is 0 Å². The first-order chi connectivity index (χ1) is 10.2. The maximum Gasteiger partial charge on any atom is 0.258 e. The van der Waals surface area contributed by atoms with Crippen LogP contribution in [0.1, 0.15) is 18.5 Å². The van der Waals surface area contributed by atoms with Gasteiger partial charge in [0.15, 0.2) is 0 Å². The molecule has 22 heavy (non-hydrogen) atoms. The number of rotatable bonds is 2. The van der Waals surface area contributed by atoms with Crippen molar-refractivity contribution in [2.75, 3.05) is 26.2 Å². The zero-order valence-corrected chi connectivity index (χ0v) is 13.3. The predicted octanol–water partition coefficient (Wildman–Crippen LogP) is 1.30. The smallest absolute Gasteiger partial charge is 0.258 e. The third-order valence-corrected chi connectivity index (χ3v) is 4.86. The van der Waals surface area contributed by atoms with E-state index >= 15 is 0 Å². The van der Waals surface area contributed by atoms with Crippen molar-refractivity contribution in [3.8, 4) is 0 Å². The van der Waals surface area contributed by atoms with Gasteiger partial charge in [0, 0.05) is 31.9 Å². The zero-order valence-electron chi connectivity index (χ0n) is 12.5. The van der Waals surface area contributed by atoms with Gasteiger partial charge in [0.2, 0.25) is 0 Å². The molecule has 4 rings (SSSR count). The fraction of sp³-hybridized carbons (Fsp3) is 0.500. The molecule has 2 aromatic heterocycles. The summed E-state index contributed by atoms with van der Waals surface area (Å²) >= 11 is 0. The molecule has 0 amide bonds. The molecule has 5 nitrogen and oxygen atoms in total. The van der Waals surface area contributed by atoms with E-state index in [1.807, 2.05) is 18.2 Å². The van der Waals surface area contributed by atoms with Crippen LogP contribution in [0, 0.1) is 5.41 Å². The molecule has 6 heteroatoms. The lowest BCUT2D eigenvalue weighted by Gasteiger charge is -2.22. The Morgan fingerprint density at radius 3 is 3.05 bits per heavy atom. The summed E-state index contributed by atoms with van der Waals surface area (Å²) in [5.74, 6) is 0. The normalized spacial score (nSPS) is 24.9. The standard InChI is InChI=1S/C16H20N4O.ClH/c21-15-9-13(18-14-3-1-2-7-20(14)15)10-19-8-5-16(12-19)4-6-17-11-16;/h1-3,7,9,17H,4-6,8,10-12H2;1H. The van der Waals surface area contributed by atoms with E-state index in [2.05, 4.69) is 15.2 Å². The Bertz CT molecular complexity index is 723. The monoisotopic (exact) mass is 320 g/mol. The third-order valence-electron chi connectivity index (χ3n) is 4.86. The van der Waals surface area contributed by atoms with Crippen molar-refractivity contribution in [1.82, 2.24) is 19.6 Å². The number of fused-ring (bicyclic) bond motifs is 1. The first kappa shape index (κ1) is 15.5. The first-order valence-corrected chi connectivity index (χ1v) is 7.65. The molecule has 0 saturated carbocycles. The van der Waals surface area contributed by atoms with Crippen molar-refractivity contribution >= 4 is 18.1 Å². The van der Waals surface area contributed by atoms with Crippen LogP contribution in [-0.4, -0.2) is 40.5 Å². The molecule has 1 atom stereocenters. The van der Waals surface area contributed by atoms with Crippen LogP contribution in [0.15, 0.2) is 35.3 Å². The Morgan fingerprint density at radius 1 is 1.32 bits per heavy atom. The van der Waals surface area contributed by atoms with E-state index in [1.54, 1.807) is 16.7 Å². The van der Waals surface area contributed by atoms with Crippen LogP contribution in [0.2, 0.25) is 0 Å². The summed E-state index contributed by atoms with van der Waals surface area (Å²) in [6.45, 7) is 5.29. The summed E-state index contributed by atoms with van der Waals surface area (Å²) in [5, 5.41) is 3.48. The summed E-state index contributed by atoms with van der Waals surface area (Å²) in [4.78, 5) is 19.2. The Balaban J connectivity index is 0.00000144. The van der Waals surface area contributed by atoms with E-state index < -0.39 is 0 Å². The quantitative estimate of drug-likeness (QED) is 0.906. The molecule has 1 unspecified atom stereocenters. The lowest BCUT2D eigenvalue weighted by Crippen LogP contribution is -2.29. The van der Waals surface area contributed by atoms with Gasteiger partial charge >= 0.3 is 0 Å². The van der Waals surface area contributed by atoms with Crippen LogP contribution in [-0.2, 0) is 6.54 Å². The van der Waals surface area contributed by atoms with Crippen molar-refractivity contribution in [2.24, 2.45) is 5.41 Å². The highest BCUT2D eigenvalue weighted by Gasteiger charge is 2.40. The van der Waals surface area contributed by atoms with Gasteiger partial charge in [0.1, 0.15) is 5.65 Å². The number of hydrogen-bond acceptors (Lipinski definition) is 4. The average molecular weight is 321 g/mol. The van der Waals surface area contributed by atoms with Crippen LogP contribution >= 0.6 is 12.4 Å². The van der Waals surface area contributed by atoms with Crippen molar-refractivity contribution in [1.29, 1.82) is 0 Å². The van der Waals surface area contributed by atoms with Gasteiger partial charge in [0.05, 0.1) is 5.69 Å². The van der Waals surface area contributed by atoms with Gasteiger partial charge in [-0.15, -0.1) is 12.4 Å². The lowest BCUT2D eigenvalue weighted by molar-refractivity contribution is 0.266. The SMILES string of the molecule is Cl.O=c1cc(CN2CCC3(CCNC3)C2)nc2ccccn12. The summed E-state index contributed by atoms with van der Waals surface area (Å²) in [7, 11) is 0. The topological polar surface area (TPSA) is 49.6 Å². The molecule has 0 aromatic carbocycles. The molecular weight excluding hydrogens is 300 g/mol. The Labute approximate surface area is 135 Å². The van der Waals surface area contributed by atoms with Gasteiger partial charge < -0.3 is 5.32 Å². The van der Waals surface area contributed by atoms with Crippen LogP contribution in [0.4, 0.5) is 0 Å². The number of hydrogen-bond donors (Lipinski definition) is 1. The first-order valence-electron chi connectivity index (χ1n) is 7.65. The fourth-order valence-electron chi connectivity index (χ4n) is 3.72. The van der Waals surface area contributed by atoms with Crippen LogP contribution in [0.25, 0.3) is 5.65 Å². The van der Waals surface area contributed by atoms with Crippen molar-refractivity contribution in [3.05, 3.63) is 46.5 Å². The maximum absolute atomic E-state index is 12.1. The van der Waals surface area contributed by atoms with Crippen molar-refractivity contribution in [2.45, 2.75) is 19.4 Å². The second-order valence-corrected chi connectivity index (χ2v) is 6.40. The molecule has 2 saturated heterocycles. The van der Waals surface area contributed by atoms with Gasteiger partial charge in [-0.05, 0) is 43.5 Å². The van der Waals surface area contributed by atoms with E-state index in [9.17, 15) is 4.79 Å². The minimum absolute atomic E-state index is 0. The average Bonchev–Trinajstić information content (AvgIpc) is 3.10. The molecule has 2 aliphatic heterocycles. The summed E-state index contributed by atoms with van der Waals surface area (Å²) in [5.41, 5.74) is 2.09.